The molecule has 0 saturated heterocycles. The molecule has 52 heavy (non-hydrogen) atoms. The first-order chi connectivity index (χ1) is 25.3. The van der Waals surface area contributed by atoms with Gasteiger partial charge in [-0.2, -0.15) is 0 Å². The number of carbonyl (C=O) groups excluding carboxylic acids is 2. The molecule has 3 aromatic carbocycles. The van der Waals surface area contributed by atoms with Crippen molar-refractivity contribution < 1.29 is 28.5 Å². The number of anilines is 1. The average molecular weight is 706 g/mol. The van der Waals surface area contributed by atoms with Gasteiger partial charge in [-0.3, -0.25) is 19.6 Å². The minimum Gasteiger partial charge on any atom is -0.493 e. The molecule has 0 radical (unpaired) electrons. The smallest absolute Gasteiger partial charge is 0.260 e. The number of nitrogens with two attached hydrogens (primary N) is 1. The summed E-state index contributed by atoms with van der Waals surface area (Å²) in [5.74, 6) is 2.43. The van der Waals surface area contributed by atoms with E-state index in [1.165, 1.54) is 18.4 Å². The van der Waals surface area contributed by atoms with Crippen molar-refractivity contribution >= 4 is 47.3 Å². The molecule has 3 heterocycles. The van der Waals surface area contributed by atoms with E-state index < -0.39 is 0 Å². The van der Waals surface area contributed by atoms with Gasteiger partial charge in [-0.1, -0.05) is 26.0 Å². The number of methoxy groups -OCH3 is 2. The van der Waals surface area contributed by atoms with Gasteiger partial charge in [0.05, 0.1) is 56.5 Å². The van der Waals surface area contributed by atoms with E-state index in [0.717, 1.165) is 23.8 Å². The highest BCUT2D eigenvalue weighted by Crippen LogP contribution is 2.42. The van der Waals surface area contributed by atoms with Crippen LogP contribution < -0.4 is 24.7 Å². The fraction of sp³-hybridized carbons (Fsp3) is 0.366. The van der Waals surface area contributed by atoms with Crippen molar-refractivity contribution in [3.05, 3.63) is 83.2 Å². The summed E-state index contributed by atoms with van der Waals surface area (Å²) in [7, 11) is 5.14. The van der Waals surface area contributed by atoms with Crippen LogP contribution in [0.2, 0.25) is 0 Å². The van der Waals surface area contributed by atoms with Crippen molar-refractivity contribution in [2.75, 3.05) is 40.2 Å². The maximum absolute atomic E-state index is 13.7. The van der Waals surface area contributed by atoms with Crippen LogP contribution in [0.25, 0.3) is 5.57 Å². The number of aldehydes is 1. The Morgan fingerprint density at radius 1 is 0.923 bits per heavy atom. The highest BCUT2D eigenvalue weighted by atomic mass is 16.5. The van der Waals surface area contributed by atoms with E-state index in [2.05, 4.69) is 23.1 Å². The van der Waals surface area contributed by atoms with Crippen molar-refractivity contribution in [1.82, 2.24) is 9.80 Å². The average Bonchev–Trinajstić information content (AvgIpc) is 3.86. The number of amides is 1. The third-order valence-electron chi connectivity index (χ3n) is 9.56. The molecule has 4 aliphatic rings. The van der Waals surface area contributed by atoms with E-state index in [0.29, 0.717) is 83.2 Å². The van der Waals surface area contributed by atoms with Crippen LogP contribution in [-0.4, -0.2) is 81.0 Å². The minimum atomic E-state index is -0.194. The Kier molecular flexibility index (Phi) is 11.3. The number of carbonyl (C=O) groups is 2. The number of rotatable bonds is 13. The molecule has 0 aromatic heterocycles. The second-order valence-electron chi connectivity index (χ2n) is 13.0. The maximum Gasteiger partial charge on any atom is 0.260 e. The van der Waals surface area contributed by atoms with Gasteiger partial charge in [0.1, 0.15) is 0 Å². The molecular formula is C41H47N5O6. The first-order valence-electron chi connectivity index (χ1n) is 17.9. The molecule has 3 aromatic rings. The van der Waals surface area contributed by atoms with Gasteiger partial charge in [-0.25, -0.2) is 0 Å². The van der Waals surface area contributed by atoms with Crippen LogP contribution in [0.5, 0.6) is 23.0 Å². The second-order valence-corrected chi connectivity index (χ2v) is 13.0. The zero-order chi connectivity index (χ0) is 36.8. The Balaban J connectivity index is 0.00000228. The molecule has 7 rings (SSSR count). The van der Waals surface area contributed by atoms with Gasteiger partial charge < -0.3 is 34.5 Å². The third-order valence-corrected chi connectivity index (χ3v) is 9.56. The predicted molar refractivity (Wildman–Crippen MR) is 205 cm³/mol. The normalized spacial score (nSPS) is 18.9. The number of aliphatic imine (C=N–C) groups is 2. The van der Waals surface area contributed by atoms with Crippen LogP contribution in [0.15, 0.2) is 76.5 Å². The summed E-state index contributed by atoms with van der Waals surface area (Å²) in [6.45, 7) is 4.64. The number of fused-ring (bicyclic) bond motifs is 2. The molecule has 1 amide bonds. The fourth-order valence-corrected chi connectivity index (χ4v) is 6.58. The van der Waals surface area contributed by atoms with Crippen LogP contribution in [0, 0.1) is 5.92 Å². The molecule has 2 N–H and O–H groups in total. The molecule has 2 atom stereocenters. The molecule has 272 valence electrons. The zero-order valence-electron chi connectivity index (χ0n) is 30.5. The highest BCUT2D eigenvalue weighted by Gasteiger charge is 2.34. The molecule has 11 heteroatoms. The van der Waals surface area contributed by atoms with E-state index >= 15 is 0 Å². The summed E-state index contributed by atoms with van der Waals surface area (Å²) in [4.78, 5) is 38.9. The van der Waals surface area contributed by atoms with Crippen LogP contribution in [0.1, 0.15) is 72.2 Å². The number of hydrogen-bond donors (Lipinski definition) is 1. The van der Waals surface area contributed by atoms with Crippen LogP contribution in [0.3, 0.4) is 0 Å². The fourth-order valence-electron chi connectivity index (χ4n) is 6.58. The number of benzene rings is 3. The SMILES string of the molecule is CC.COc1cc(C=O)c(N=CC2CC(C3CC3)=CN2C)cc1OCCCOc1cc2c(cc1OC)C(=O)N1C=C(c3ccc(N)cc3)CC1C=N2. The molecule has 0 spiro atoms. The lowest BCUT2D eigenvalue weighted by Gasteiger charge is -2.19. The summed E-state index contributed by atoms with van der Waals surface area (Å²) in [6.07, 6.45) is 13.3. The molecule has 2 unspecified atom stereocenters. The van der Waals surface area contributed by atoms with Crippen molar-refractivity contribution in [1.29, 1.82) is 0 Å². The van der Waals surface area contributed by atoms with Gasteiger partial charge in [-0.05, 0) is 72.4 Å². The van der Waals surface area contributed by atoms with E-state index in [1.807, 2.05) is 56.7 Å². The van der Waals surface area contributed by atoms with E-state index in [4.69, 9.17) is 29.7 Å². The zero-order valence-corrected chi connectivity index (χ0v) is 30.5. The lowest BCUT2D eigenvalue weighted by atomic mass is 10.0. The minimum absolute atomic E-state index is 0.153. The van der Waals surface area contributed by atoms with Crippen molar-refractivity contribution in [2.24, 2.45) is 15.9 Å². The van der Waals surface area contributed by atoms with Crippen LogP contribution in [0.4, 0.5) is 17.1 Å². The van der Waals surface area contributed by atoms with E-state index in [9.17, 15) is 9.59 Å². The largest absolute Gasteiger partial charge is 0.493 e. The van der Waals surface area contributed by atoms with Crippen LogP contribution in [-0.2, 0) is 0 Å². The molecule has 11 nitrogen and oxygen atoms in total. The van der Waals surface area contributed by atoms with Crippen molar-refractivity contribution in [3.8, 4) is 23.0 Å². The first-order valence-corrected chi connectivity index (χ1v) is 17.9. The highest BCUT2D eigenvalue weighted by molar-refractivity contribution is 6.05. The Hall–Kier alpha value is -5.58. The quantitative estimate of drug-likeness (QED) is 0.0832. The Bertz CT molecular complexity index is 1910. The van der Waals surface area contributed by atoms with Gasteiger partial charge in [0.25, 0.3) is 5.91 Å². The van der Waals surface area contributed by atoms with Gasteiger partial charge in [-0.15, -0.1) is 0 Å². The topological polar surface area (TPSA) is 128 Å². The summed E-state index contributed by atoms with van der Waals surface area (Å²) >= 11 is 0. The second kappa shape index (κ2) is 16.2. The predicted octanol–water partition coefficient (Wildman–Crippen LogP) is 7.64. The molecule has 0 bridgehead atoms. The number of nitrogen functional groups attached to an aromatic ring is 1. The lowest BCUT2D eigenvalue weighted by molar-refractivity contribution is 0.0817. The molecular weight excluding hydrogens is 658 g/mol. The summed E-state index contributed by atoms with van der Waals surface area (Å²) in [5.41, 5.74) is 12.0. The third kappa shape index (κ3) is 7.83. The molecule has 1 fully saturated rings. The maximum atomic E-state index is 13.7. The van der Waals surface area contributed by atoms with E-state index in [1.54, 1.807) is 43.4 Å². The summed E-state index contributed by atoms with van der Waals surface area (Å²) < 4.78 is 23.3. The molecule has 1 saturated carbocycles. The van der Waals surface area contributed by atoms with Gasteiger partial charge in [0.2, 0.25) is 0 Å². The lowest BCUT2D eigenvalue weighted by Crippen LogP contribution is -2.32. The standard InChI is InChI=1S/C39H41N5O6.C2H6/c1-43-21-26(24-5-6-24)13-30(43)19-41-33-17-37(35(47-2)15-28(33)23-45)49-11-4-12-50-38-18-34-32(16-36(38)48-3)39(46)44-22-27(14-31(44)20-42-34)25-7-9-29(40)10-8-25;1-2/h7-10,15-24,30-31H,4-6,11-14,40H2,1-3H3;1-2H3. The monoisotopic (exact) mass is 705 g/mol. The summed E-state index contributed by atoms with van der Waals surface area (Å²) in [5, 5.41) is 0. The van der Waals surface area contributed by atoms with Crippen molar-refractivity contribution in [2.45, 2.75) is 58.0 Å². The number of nitrogens with zero attached hydrogens (tertiary/aromatic N) is 4. The van der Waals surface area contributed by atoms with Gasteiger partial charge >= 0.3 is 0 Å². The number of hydrogen-bond acceptors (Lipinski definition) is 10. The Morgan fingerprint density at radius 3 is 2.29 bits per heavy atom. The van der Waals surface area contributed by atoms with Gasteiger partial charge in [0.15, 0.2) is 29.3 Å². The Morgan fingerprint density at radius 2 is 1.62 bits per heavy atom. The molecule has 3 aliphatic heterocycles. The molecule has 1 aliphatic carbocycles. The van der Waals surface area contributed by atoms with Crippen LogP contribution >= 0.6 is 0 Å². The van der Waals surface area contributed by atoms with Crippen molar-refractivity contribution in [3.63, 3.8) is 0 Å². The number of ether oxygens (including phenoxy) is 4. The first kappa shape index (κ1) is 36.2. The van der Waals surface area contributed by atoms with E-state index in [-0.39, 0.29) is 18.0 Å². The van der Waals surface area contributed by atoms with Gasteiger partial charge in [0, 0.05) is 61.9 Å². The summed E-state index contributed by atoms with van der Waals surface area (Å²) in [6, 6.07) is 14.4. The Labute approximate surface area is 305 Å².